The lowest BCUT2D eigenvalue weighted by Crippen LogP contribution is -2.37. The first kappa shape index (κ1) is 101. The van der Waals surface area contributed by atoms with E-state index in [0.717, 1.165) is 83.5 Å². The molecule has 0 saturated carbocycles. The minimum absolute atomic E-state index is 0.0320. The van der Waals surface area contributed by atoms with Crippen molar-refractivity contribution in [1.82, 2.24) is 0 Å². The van der Waals surface area contributed by atoms with Crippen molar-refractivity contribution in [2.45, 2.75) is 431 Å². The van der Waals surface area contributed by atoms with Crippen molar-refractivity contribution < 1.29 is 42.1 Å². The Bertz CT molecular complexity index is 2130. The van der Waals surface area contributed by atoms with Gasteiger partial charge in [-0.05, 0) is 103 Å². The lowest BCUT2D eigenvalue weighted by Gasteiger charge is -2.24. The number of hydrogen-bond donors (Lipinski definition) is 1. The highest BCUT2D eigenvalue weighted by Crippen LogP contribution is 2.43. The molecule has 0 saturated heterocycles. The SMILES string of the molecule is CC/C=C\C/C=C\C/C=C\C/C=C\C/C=C\C/C=C\C/C=C\CCCCCCCCCCCCCCCCCCCCCC(=O)OC(COC(=O)CCCCCCCCCCCCCCCCCCCCCCCCCCCCC/C=C\C/C=C\CCCCCCC)COP(=O)(O)OCC[N+](C)(C)C. The Hall–Kier alpha value is -3.33. The van der Waals surface area contributed by atoms with Crippen LogP contribution in [0, 0.1) is 0 Å². The molecule has 2 unspecified atom stereocenters. The number of carbonyl (C=O) groups is 2. The van der Waals surface area contributed by atoms with Crippen LogP contribution in [0.15, 0.2) is 109 Å². The topological polar surface area (TPSA) is 108 Å². The molecule has 1 N–H and O–H groups in total. The number of phosphoric acid groups is 1. The highest BCUT2D eigenvalue weighted by Gasteiger charge is 2.27. The van der Waals surface area contributed by atoms with E-state index in [4.69, 9.17) is 18.5 Å². The Morgan fingerprint density at radius 2 is 0.548 bits per heavy atom. The minimum Gasteiger partial charge on any atom is -0.462 e. The summed E-state index contributed by atoms with van der Waals surface area (Å²) in [5.41, 5.74) is 0. The Morgan fingerprint density at radius 3 is 0.817 bits per heavy atom. The maximum Gasteiger partial charge on any atom is 0.472 e. The van der Waals surface area contributed by atoms with E-state index in [9.17, 15) is 19.0 Å². The molecule has 0 aromatic rings. The smallest absolute Gasteiger partial charge is 0.462 e. The number of nitrogens with zero attached hydrogens (tertiary/aromatic N) is 1. The van der Waals surface area contributed by atoms with Crippen LogP contribution < -0.4 is 0 Å². The van der Waals surface area contributed by atoms with Crippen LogP contribution in [0.2, 0.25) is 0 Å². The van der Waals surface area contributed by atoms with Crippen molar-refractivity contribution in [3.8, 4) is 0 Å². The van der Waals surface area contributed by atoms with E-state index < -0.39 is 26.5 Å². The third-order valence-electron chi connectivity index (χ3n) is 19.8. The highest BCUT2D eigenvalue weighted by atomic mass is 31.2. The molecule has 0 radical (unpaired) electrons. The van der Waals surface area contributed by atoms with Crippen LogP contribution in [-0.2, 0) is 32.7 Å². The number of phosphoric ester groups is 1. The molecule has 104 heavy (non-hydrogen) atoms. The molecule has 0 bridgehead atoms. The molecule has 604 valence electrons. The van der Waals surface area contributed by atoms with Gasteiger partial charge in [0.15, 0.2) is 6.10 Å². The van der Waals surface area contributed by atoms with Crippen LogP contribution in [0.25, 0.3) is 0 Å². The first-order valence-corrected chi connectivity index (χ1v) is 46.1. The number of allylic oxidation sites excluding steroid dienone is 18. The number of esters is 2. The van der Waals surface area contributed by atoms with E-state index in [1.807, 2.05) is 21.1 Å². The van der Waals surface area contributed by atoms with Crippen molar-refractivity contribution in [3.05, 3.63) is 109 Å². The summed E-state index contributed by atoms with van der Waals surface area (Å²) >= 11 is 0. The molecule has 0 spiro atoms. The van der Waals surface area contributed by atoms with Gasteiger partial charge in [-0.25, -0.2) is 4.57 Å². The number of rotatable bonds is 83. The lowest BCUT2D eigenvalue weighted by molar-refractivity contribution is -0.870. The molecule has 0 aromatic heterocycles. The summed E-state index contributed by atoms with van der Waals surface area (Å²) in [6.07, 6.45) is 120. The largest absolute Gasteiger partial charge is 0.472 e. The molecule has 0 aliphatic rings. The third-order valence-corrected chi connectivity index (χ3v) is 20.8. The van der Waals surface area contributed by atoms with E-state index >= 15 is 0 Å². The van der Waals surface area contributed by atoms with Crippen molar-refractivity contribution in [2.75, 3.05) is 47.5 Å². The average Bonchev–Trinajstić information content (AvgIpc) is 0.920. The number of unbranched alkanes of at least 4 members (excludes halogenated alkanes) is 51. The average molecular weight is 1470 g/mol. The Labute approximate surface area is 646 Å². The van der Waals surface area contributed by atoms with Crippen LogP contribution >= 0.6 is 7.82 Å². The van der Waals surface area contributed by atoms with Crippen LogP contribution in [-0.4, -0.2) is 74.9 Å². The molecule has 0 heterocycles. The zero-order chi connectivity index (χ0) is 75.4. The van der Waals surface area contributed by atoms with Crippen LogP contribution in [0.5, 0.6) is 0 Å². The van der Waals surface area contributed by atoms with Gasteiger partial charge in [-0.1, -0.05) is 419 Å². The summed E-state index contributed by atoms with van der Waals surface area (Å²) in [7, 11) is 1.49. The van der Waals surface area contributed by atoms with Crippen molar-refractivity contribution in [1.29, 1.82) is 0 Å². The standard InChI is InChI=1S/C94H170NO8P/c1-6-8-10-12-14-16-18-20-22-24-26-28-30-32-34-36-38-40-42-44-46-47-49-51-53-55-57-59-61-63-65-67-69-71-73-75-77-79-81-83-85-87-94(97)103-92(91-102-104(98,99)101-89-88-95(3,4)5)90-100-93(96)86-84-82-80-78-76-74-72-70-68-66-64-62-60-58-56-54-52-50-48-45-43-41-39-37-35-33-31-29-27-25-23-21-19-17-15-13-11-9-7-2/h8,10,14,16,19-22,25-28,32,34,38,40,44,46,92H,6-7,9,11-13,15,17-18,23-24,29-31,33,35-37,39,41-43,45,47-91H2,1-5H3/p+1/b10-8-,16-14-,21-19-,22-20-,27-25-,28-26-,34-32-,40-38-,46-44-. The van der Waals surface area contributed by atoms with Gasteiger partial charge in [0, 0.05) is 12.8 Å². The zero-order valence-corrected chi connectivity index (χ0v) is 70.1. The first-order valence-electron chi connectivity index (χ1n) is 44.6. The summed E-state index contributed by atoms with van der Waals surface area (Å²) in [6, 6.07) is 0. The van der Waals surface area contributed by atoms with E-state index in [0.29, 0.717) is 23.9 Å². The van der Waals surface area contributed by atoms with Gasteiger partial charge in [0.2, 0.25) is 0 Å². The lowest BCUT2D eigenvalue weighted by atomic mass is 10.0. The first-order chi connectivity index (χ1) is 51.0. The molecule has 0 aromatic carbocycles. The summed E-state index contributed by atoms with van der Waals surface area (Å²) in [5.74, 6) is -0.777. The number of quaternary nitrogens is 1. The highest BCUT2D eigenvalue weighted by molar-refractivity contribution is 7.47. The van der Waals surface area contributed by atoms with Crippen LogP contribution in [0.1, 0.15) is 425 Å². The second-order valence-electron chi connectivity index (χ2n) is 31.3. The fraction of sp³-hybridized carbons (Fsp3) is 0.787. The number of likely N-dealkylation sites (N-methyl/N-ethyl adjacent to an activating group) is 1. The van der Waals surface area contributed by atoms with Gasteiger partial charge < -0.3 is 18.9 Å². The maximum atomic E-state index is 13.0. The quantitative estimate of drug-likeness (QED) is 0.0211. The second-order valence-corrected chi connectivity index (χ2v) is 32.7. The van der Waals surface area contributed by atoms with E-state index in [1.54, 1.807) is 0 Å². The van der Waals surface area contributed by atoms with Gasteiger partial charge in [0.25, 0.3) is 0 Å². The number of carbonyl (C=O) groups excluding carboxylic acids is 2. The fourth-order valence-corrected chi connectivity index (χ4v) is 13.8. The van der Waals surface area contributed by atoms with E-state index in [1.165, 1.54) is 308 Å². The normalized spacial score (nSPS) is 13.5. The zero-order valence-electron chi connectivity index (χ0n) is 69.3. The fourth-order valence-electron chi connectivity index (χ4n) is 13.0. The van der Waals surface area contributed by atoms with Gasteiger partial charge >= 0.3 is 19.8 Å². The Morgan fingerprint density at radius 1 is 0.308 bits per heavy atom. The minimum atomic E-state index is -4.40. The van der Waals surface area contributed by atoms with Gasteiger partial charge in [0.05, 0.1) is 27.7 Å². The molecule has 0 aliphatic carbocycles. The summed E-state index contributed by atoms with van der Waals surface area (Å²) in [6.45, 7) is 4.37. The number of hydrogen-bond acceptors (Lipinski definition) is 7. The van der Waals surface area contributed by atoms with Gasteiger partial charge in [-0.3, -0.25) is 18.6 Å². The van der Waals surface area contributed by atoms with Gasteiger partial charge in [-0.2, -0.15) is 0 Å². The van der Waals surface area contributed by atoms with Crippen LogP contribution in [0.3, 0.4) is 0 Å². The van der Waals surface area contributed by atoms with Crippen LogP contribution in [0.4, 0.5) is 0 Å². The van der Waals surface area contributed by atoms with E-state index in [-0.39, 0.29) is 25.6 Å². The predicted octanol–water partition coefficient (Wildman–Crippen LogP) is 30.3. The summed E-state index contributed by atoms with van der Waals surface area (Å²) in [4.78, 5) is 36.1. The molecule has 0 fully saturated rings. The molecular formula is C94H171NO8P+. The molecular weight excluding hydrogens is 1300 g/mol. The Kier molecular flexibility index (Phi) is 81.0. The molecule has 10 heteroatoms. The van der Waals surface area contributed by atoms with Crippen molar-refractivity contribution in [3.63, 3.8) is 0 Å². The second kappa shape index (κ2) is 83.7. The number of ether oxygens (including phenoxy) is 2. The van der Waals surface area contributed by atoms with Gasteiger partial charge in [-0.15, -0.1) is 0 Å². The van der Waals surface area contributed by atoms with Crippen molar-refractivity contribution >= 4 is 19.8 Å². The molecule has 9 nitrogen and oxygen atoms in total. The van der Waals surface area contributed by atoms with E-state index in [2.05, 4.69) is 123 Å². The monoisotopic (exact) mass is 1470 g/mol. The molecule has 0 amide bonds. The maximum absolute atomic E-state index is 13.0. The molecule has 2 atom stereocenters. The summed E-state index contributed by atoms with van der Waals surface area (Å²) < 4.78 is 34.9. The molecule has 0 rings (SSSR count). The Balaban J connectivity index is 3.88. The molecule has 0 aliphatic heterocycles. The summed E-state index contributed by atoms with van der Waals surface area (Å²) in [5, 5.41) is 0. The van der Waals surface area contributed by atoms with Crippen molar-refractivity contribution in [2.24, 2.45) is 0 Å². The predicted molar refractivity (Wildman–Crippen MR) is 455 cm³/mol. The van der Waals surface area contributed by atoms with Gasteiger partial charge in [0.1, 0.15) is 19.8 Å². The third kappa shape index (κ3) is 87.6.